The quantitative estimate of drug-likeness (QED) is 0.168. The van der Waals surface area contributed by atoms with E-state index in [4.69, 9.17) is 14.5 Å². The lowest BCUT2D eigenvalue weighted by Gasteiger charge is -2.33. The predicted octanol–water partition coefficient (Wildman–Crippen LogP) is 8.10. The average Bonchev–Trinajstić information content (AvgIpc) is 3.33. The molecule has 2 aliphatic heterocycles. The highest BCUT2D eigenvalue weighted by Crippen LogP contribution is 2.41. The van der Waals surface area contributed by atoms with Crippen LogP contribution in [-0.4, -0.2) is 70.5 Å². The number of carbonyl (C=O) groups excluding carboxylic acids is 1. The zero-order valence-corrected chi connectivity index (χ0v) is 27.1. The van der Waals surface area contributed by atoms with Crippen LogP contribution in [-0.2, 0) is 17.1 Å². The van der Waals surface area contributed by atoms with Crippen molar-refractivity contribution in [1.29, 1.82) is 0 Å². The Hall–Kier alpha value is -5.34. The fourth-order valence-electron chi connectivity index (χ4n) is 5.63. The minimum atomic E-state index is -5.08. The first-order valence-corrected chi connectivity index (χ1v) is 15.3. The van der Waals surface area contributed by atoms with Crippen LogP contribution in [0.15, 0.2) is 78.2 Å². The van der Waals surface area contributed by atoms with Crippen LogP contribution in [0, 0.1) is 0 Å². The number of aromatic carboxylic acids is 1. The molecule has 50 heavy (non-hydrogen) atoms. The molecule has 0 aliphatic carbocycles. The molecule has 15 heteroatoms. The van der Waals surface area contributed by atoms with E-state index >= 15 is 0 Å². The highest BCUT2D eigenvalue weighted by atomic mass is 19.4. The van der Waals surface area contributed by atoms with Crippen molar-refractivity contribution in [2.75, 3.05) is 26.7 Å². The molecule has 2 atom stereocenters. The van der Waals surface area contributed by atoms with Crippen molar-refractivity contribution in [3.05, 3.63) is 101 Å². The van der Waals surface area contributed by atoms with Crippen molar-refractivity contribution in [3.8, 4) is 16.9 Å². The van der Waals surface area contributed by atoms with E-state index in [9.17, 15) is 41.0 Å². The molecule has 3 heterocycles. The maximum atomic E-state index is 13.6. The number of methoxy groups -OCH3 is 1. The number of pyridine rings is 1. The van der Waals surface area contributed by atoms with Gasteiger partial charge in [0.2, 0.25) is 0 Å². The lowest BCUT2D eigenvalue weighted by atomic mass is 9.95. The van der Waals surface area contributed by atoms with Crippen molar-refractivity contribution in [1.82, 2.24) is 14.8 Å². The normalized spacial score (nSPS) is 18.5. The molecule has 2 aromatic carbocycles. The molecule has 2 fully saturated rings. The van der Waals surface area contributed by atoms with E-state index in [1.807, 2.05) is 4.90 Å². The number of carboxylic acids is 1. The second kappa shape index (κ2) is 13.9. The first-order chi connectivity index (χ1) is 23.5. The first kappa shape index (κ1) is 36.0. The van der Waals surface area contributed by atoms with Gasteiger partial charge in [-0.1, -0.05) is 18.7 Å². The van der Waals surface area contributed by atoms with Gasteiger partial charge in [0.25, 0.3) is 0 Å². The van der Waals surface area contributed by atoms with Crippen LogP contribution in [0.3, 0.4) is 0 Å². The number of likely N-dealkylation sites (tertiary alicyclic amines) is 1. The molecule has 2 saturated heterocycles. The number of cyclic esters (lactones) is 1. The zero-order valence-electron chi connectivity index (χ0n) is 27.1. The van der Waals surface area contributed by atoms with Crippen LogP contribution >= 0.6 is 0 Å². The Balaban J connectivity index is 1.53. The molecule has 1 aromatic heterocycles. The van der Waals surface area contributed by atoms with E-state index in [1.54, 1.807) is 37.3 Å². The summed E-state index contributed by atoms with van der Waals surface area (Å²) >= 11 is 0. The third kappa shape index (κ3) is 7.45. The Bertz CT molecular complexity index is 1830. The fraction of sp³-hybridized carbons (Fsp3) is 0.314. The Kier molecular flexibility index (Phi) is 9.98. The monoisotopic (exact) mass is 702 g/mol. The Morgan fingerprint density at radius 3 is 2.20 bits per heavy atom. The van der Waals surface area contributed by atoms with Gasteiger partial charge in [-0.2, -0.15) is 26.3 Å². The number of carboxylic acid groups (broad SMARTS) is 1. The van der Waals surface area contributed by atoms with Gasteiger partial charge in [0.05, 0.1) is 36.5 Å². The molecular weight excluding hydrogens is 670 g/mol. The number of benzene rings is 2. The molecule has 2 aliphatic rings. The summed E-state index contributed by atoms with van der Waals surface area (Å²) in [6.07, 6.45) is -8.50. The van der Waals surface area contributed by atoms with Crippen LogP contribution < -0.4 is 4.74 Å². The predicted molar refractivity (Wildman–Crippen MR) is 171 cm³/mol. The summed E-state index contributed by atoms with van der Waals surface area (Å²) in [5.41, 5.74) is -1.43. The van der Waals surface area contributed by atoms with Gasteiger partial charge in [-0.3, -0.25) is 4.90 Å². The topological polar surface area (TPSA) is 105 Å². The van der Waals surface area contributed by atoms with E-state index in [-0.39, 0.29) is 24.0 Å². The van der Waals surface area contributed by atoms with Crippen molar-refractivity contribution in [2.45, 2.75) is 44.8 Å². The van der Waals surface area contributed by atoms with Crippen LogP contribution in [0.1, 0.15) is 59.1 Å². The number of ether oxygens (including phenoxy) is 2. The number of halogens is 6. The molecule has 1 N–H and O–H groups in total. The van der Waals surface area contributed by atoms with Gasteiger partial charge in [-0.25, -0.2) is 19.6 Å². The maximum Gasteiger partial charge on any atom is 0.416 e. The standard InChI is InChI=1S/C35H32F6N4O5/c1-5-30(44-11-6-12-44)43-28(19(2)26-15-21(8-10-29(26)49-4)22-7-9-27(32(46)47)42-17-22)18-45-20(3)31(50-33(45)48)23-13-24(34(36,37)38)16-25(14-23)35(39,40)41/h5,7-10,13-17,20,31H,2,6,11-12,18H2,1,3-4H3,(H,46,47)/b30-5+,43-28-/t20-,31-/m0/s1. The molecule has 0 bridgehead atoms. The second-order valence-corrected chi connectivity index (χ2v) is 11.7. The van der Waals surface area contributed by atoms with E-state index in [2.05, 4.69) is 11.6 Å². The minimum Gasteiger partial charge on any atom is -0.496 e. The Morgan fingerprint density at radius 1 is 1.06 bits per heavy atom. The smallest absolute Gasteiger partial charge is 0.416 e. The lowest BCUT2D eigenvalue weighted by Crippen LogP contribution is -2.39. The largest absolute Gasteiger partial charge is 0.496 e. The summed E-state index contributed by atoms with van der Waals surface area (Å²) in [6.45, 7) is 8.69. The van der Waals surface area contributed by atoms with Gasteiger partial charge in [0, 0.05) is 36.0 Å². The highest BCUT2D eigenvalue weighted by Gasteiger charge is 2.44. The molecule has 0 saturated carbocycles. The molecule has 1 amide bonds. The van der Waals surface area contributed by atoms with E-state index in [0.29, 0.717) is 46.0 Å². The number of aliphatic imine (C=N–C) groups is 1. The number of allylic oxidation sites excluding steroid dienone is 1. The number of amides is 1. The van der Waals surface area contributed by atoms with Gasteiger partial charge < -0.3 is 19.5 Å². The SMILES string of the molecule is C=C(/C(CN1C(=O)O[C@H](c2cc(C(F)(F)F)cc(C(F)(F)F)c2)[C@@H]1C)=N\C(=C/C)N1CCC1)c1cc(-c2ccc(C(=O)O)nc2)ccc1OC. The number of hydrogen-bond acceptors (Lipinski definition) is 7. The van der Waals surface area contributed by atoms with E-state index in [0.717, 1.165) is 19.5 Å². The number of aromatic nitrogens is 1. The number of hydrogen-bond donors (Lipinski definition) is 1. The number of carbonyl (C=O) groups is 2. The zero-order chi connectivity index (χ0) is 36.5. The molecule has 9 nitrogen and oxygen atoms in total. The number of nitrogens with zero attached hydrogens (tertiary/aromatic N) is 4. The maximum absolute atomic E-state index is 13.6. The molecule has 0 radical (unpaired) electrons. The van der Waals surface area contributed by atoms with Crippen LogP contribution in [0.5, 0.6) is 5.75 Å². The van der Waals surface area contributed by atoms with E-state index < -0.39 is 53.3 Å². The van der Waals surface area contributed by atoms with Gasteiger partial charge in [0.15, 0.2) is 0 Å². The van der Waals surface area contributed by atoms with Crippen molar-refractivity contribution < 1.29 is 50.5 Å². The van der Waals surface area contributed by atoms with Crippen molar-refractivity contribution in [3.63, 3.8) is 0 Å². The number of rotatable bonds is 10. The van der Waals surface area contributed by atoms with Gasteiger partial charge >= 0.3 is 24.4 Å². The average molecular weight is 703 g/mol. The molecule has 5 rings (SSSR count). The van der Waals surface area contributed by atoms with Gasteiger partial charge in [-0.15, -0.1) is 0 Å². The van der Waals surface area contributed by atoms with Crippen LogP contribution in [0.4, 0.5) is 31.1 Å². The fourth-order valence-corrected chi connectivity index (χ4v) is 5.63. The molecular formula is C35H32F6N4O5. The summed E-state index contributed by atoms with van der Waals surface area (Å²) in [5.74, 6) is -0.236. The summed E-state index contributed by atoms with van der Waals surface area (Å²) in [4.78, 5) is 36.6. The first-order valence-electron chi connectivity index (χ1n) is 15.3. The Morgan fingerprint density at radius 2 is 1.70 bits per heavy atom. The molecule has 0 unspecified atom stereocenters. The van der Waals surface area contributed by atoms with Crippen molar-refractivity contribution in [2.24, 2.45) is 4.99 Å². The Labute approximate surface area is 283 Å². The third-order valence-corrected chi connectivity index (χ3v) is 8.53. The van der Waals surface area contributed by atoms with E-state index in [1.165, 1.54) is 31.2 Å². The molecule has 0 spiro atoms. The minimum absolute atomic E-state index is 0.0178. The lowest BCUT2D eigenvalue weighted by molar-refractivity contribution is -0.143. The van der Waals surface area contributed by atoms with Crippen molar-refractivity contribution >= 4 is 23.3 Å². The second-order valence-electron chi connectivity index (χ2n) is 11.7. The summed E-state index contributed by atoms with van der Waals surface area (Å²) in [7, 11) is 1.44. The summed E-state index contributed by atoms with van der Waals surface area (Å²) in [5, 5.41) is 9.23. The summed E-state index contributed by atoms with van der Waals surface area (Å²) in [6, 6.07) is 8.17. The van der Waals surface area contributed by atoms with Crippen LogP contribution in [0.25, 0.3) is 16.7 Å². The van der Waals surface area contributed by atoms with Gasteiger partial charge in [-0.05, 0) is 73.9 Å². The molecule has 264 valence electrons. The number of alkyl halides is 6. The van der Waals surface area contributed by atoms with Gasteiger partial charge in [0.1, 0.15) is 23.4 Å². The molecule has 3 aromatic rings. The van der Waals surface area contributed by atoms with Crippen LogP contribution in [0.2, 0.25) is 0 Å². The summed E-state index contributed by atoms with van der Waals surface area (Å²) < 4.78 is 92.9. The third-order valence-electron chi connectivity index (χ3n) is 8.53. The highest BCUT2D eigenvalue weighted by molar-refractivity contribution is 6.25.